The Bertz CT molecular complexity index is 479. The van der Waals surface area contributed by atoms with E-state index >= 15 is 0 Å². The molecular weight excluding hydrogens is 226 g/mol. The Labute approximate surface area is 108 Å². The number of hydrogen-bond donors (Lipinski definition) is 1. The molecule has 0 saturated heterocycles. The third kappa shape index (κ3) is 3.55. The first-order chi connectivity index (χ1) is 8.06. The molecule has 1 aromatic heterocycles. The van der Waals surface area contributed by atoms with E-state index in [1.807, 2.05) is 11.3 Å². The van der Waals surface area contributed by atoms with Crippen LogP contribution >= 0.6 is 11.3 Å². The maximum Gasteiger partial charge on any atom is 0.0345 e. The minimum atomic E-state index is 0.233. The zero-order chi connectivity index (χ0) is 12.3. The summed E-state index contributed by atoms with van der Waals surface area (Å²) >= 11 is 1.86. The molecule has 0 unspecified atom stereocenters. The van der Waals surface area contributed by atoms with Crippen molar-refractivity contribution in [3.05, 3.63) is 35.2 Å². The Morgan fingerprint density at radius 3 is 2.71 bits per heavy atom. The topological polar surface area (TPSA) is 12.0 Å². The smallest absolute Gasteiger partial charge is 0.0345 e. The van der Waals surface area contributed by atoms with Crippen LogP contribution in [0.2, 0.25) is 0 Å². The van der Waals surface area contributed by atoms with Crippen molar-refractivity contribution >= 4 is 21.4 Å². The highest BCUT2D eigenvalue weighted by Crippen LogP contribution is 2.26. The number of benzene rings is 1. The fraction of sp³-hybridized carbons (Fsp3) is 0.467. The van der Waals surface area contributed by atoms with Crippen molar-refractivity contribution in [3.63, 3.8) is 0 Å². The lowest BCUT2D eigenvalue weighted by molar-refractivity contribution is 0.422. The van der Waals surface area contributed by atoms with Crippen LogP contribution in [0, 0.1) is 0 Å². The Balaban J connectivity index is 1.91. The number of aryl methyl sites for hydroxylation is 1. The van der Waals surface area contributed by atoms with Gasteiger partial charge < -0.3 is 5.32 Å². The van der Waals surface area contributed by atoms with Crippen LogP contribution in [0.15, 0.2) is 29.6 Å². The third-order valence-corrected chi connectivity index (χ3v) is 3.85. The first-order valence-corrected chi connectivity index (χ1v) is 7.14. The predicted octanol–water partition coefficient (Wildman–Crippen LogP) is 4.22. The zero-order valence-corrected chi connectivity index (χ0v) is 11.7. The number of thiophene rings is 1. The van der Waals surface area contributed by atoms with Gasteiger partial charge in [0.2, 0.25) is 0 Å². The van der Waals surface area contributed by atoms with Crippen LogP contribution in [0.1, 0.15) is 32.8 Å². The van der Waals surface area contributed by atoms with Gasteiger partial charge in [-0.3, -0.25) is 0 Å². The van der Waals surface area contributed by atoms with Crippen LogP contribution in [-0.2, 0) is 6.42 Å². The standard InChI is InChI=1S/C15H21NS/c1-15(2,3)16-10-6-7-12-11-17-14-9-5-4-8-13(12)14/h4-5,8-9,11,16H,6-7,10H2,1-3H3. The molecule has 0 spiro atoms. The molecule has 0 radical (unpaired) electrons. The van der Waals surface area contributed by atoms with Crippen LogP contribution in [0.25, 0.3) is 10.1 Å². The molecule has 1 nitrogen and oxygen atoms in total. The highest BCUT2D eigenvalue weighted by molar-refractivity contribution is 7.17. The molecular formula is C15H21NS. The minimum Gasteiger partial charge on any atom is -0.312 e. The lowest BCUT2D eigenvalue weighted by Gasteiger charge is -2.20. The van der Waals surface area contributed by atoms with Gasteiger partial charge in [-0.1, -0.05) is 18.2 Å². The van der Waals surface area contributed by atoms with Crippen molar-refractivity contribution in [2.24, 2.45) is 0 Å². The molecule has 0 saturated carbocycles. The van der Waals surface area contributed by atoms with Crippen molar-refractivity contribution in [2.45, 2.75) is 39.2 Å². The summed E-state index contributed by atoms with van der Waals surface area (Å²) in [6.45, 7) is 7.74. The van der Waals surface area contributed by atoms with E-state index in [-0.39, 0.29) is 5.54 Å². The molecule has 0 bridgehead atoms. The van der Waals surface area contributed by atoms with Crippen LogP contribution in [0.5, 0.6) is 0 Å². The van der Waals surface area contributed by atoms with E-state index in [1.165, 1.54) is 28.5 Å². The lowest BCUT2D eigenvalue weighted by Crippen LogP contribution is -2.36. The minimum absolute atomic E-state index is 0.233. The van der Waals surface area contributed by atoms with Gasteiger partial charge in [0.1, 0.15) is 0 Å². The van der Waals surface area contributed by atoms with Crippen molar-refractivity contribution in [1.82, 2.24) is 5.32 Å². The zero-order valence-electron chi connectivity index (χ0n) is 10.9. The average Bonchev–Trinajstić information content (AvgIpc) is 2.67. The summed E-state index contributed by atoms with van der Waals surface area (Å²) in [7, 11) is 0. The fourth-order valence-electron chi connectivity index (χ4n) is 1.97. The Morgan fingerprint density at radius 1 is 1.18 bits per heavy atom. The summed E-state index contributed by atoms with van der Waals surface area (Å²) < 4.78 is 1.41. The van der Waals surface area contributed by atoms with Crippen molar-refractivity contribution in [2.75, 3.05) is 6.54 Å². The van der Waals surface area contributed by atoms with E-state index < -0.39 is 0 Å². The number of hydrogen-bond acceptors (Lipinski definition) is 2. The molecule has 0 aliphatic heterocycles. The summed E-state index contributed by atoms with van der Waals surface area (Å²) in [4.78, 5) is 0. The Morgan fingerprint density at radius 2 is 1.94 bits per heavy atom. The van der Waals surface area contributed by atoms with Crippen molar-refractivity contribution in [3.8, 4) is 0 Å². The molecule has 0 fully saturated rings. The molecule has 0 amide bonds. The molecule has 1 N–H and O–H groups in total. The van der Waals surface area contributed by atoms with E-state index in [4.69, 9.17) is 0 Å². The molecule has 92 valence electrons. The number of rotatable bonds is 4. The van der Waals surface area contributed by atoms with Gasteiger partial charge in [-0.05, 0) is 62.6 Å². The summed E-state index contributed by atoms with van der Waals surface area (Å²) in [5, 5.41) is 7.28. The van der Waals surface area contributed by atoms with Crippen LogP contribution in [0.4, 0.5) is 0 Å². The van der Waals surface area contributed by atoms with Gasteiger partial charge in [0.25, 0.3) is 0 Å². The van der Waals surface area contributed by atoms with Gasteiger partial charge in [0, 0.05) is 10.2 Å². The Hall–Kier alpha value is -0.860. The first kappa shape index (κ1) is 12.6. The van der Waals surface area contributed by atoms with Gasteiger partial charge in [0.05, 0.1) is 0 Å². The summed E-state index contributed by atoms with van der Waals surface area (Å²) in [6.07, 6.45) is 2.38. The first-order valence-electron chi connectivity index (χ1n) is 6.26. The second-order valence-electron chi connectivity index (χ2n) is 5.54. The lowest BCUT2D eigenvalue weighted by atomic mass is 10.1. The number of nitrogens with one attached hydrogen (secondary N) is 1. The fourth-order valence-corrected chi connectivity index (χ4v) is 2.97. The van der Waals surface area contributed by atoms with Crippen LogP contribution in [0.3, 0.4) is 0 Å². The summed E-state index contributed by atoms with van der Waals surface area (Å²) in [5.74, 6) is 0. The van der Waals surface area contributed by atoms with Crippen LogP contribution < -0.4 is 5.32 Å². The van der Waals surface area contributed by atoms with E-state index in [1.54, 1.807) is 0 Å². The van der Waals surface area contributed by atoms with Gasteiger partial charge in [-0.15, -0.1) is 11.3 Å². The molecule has 1 aromatic carbocycles. The second-order valence-corrected chi connectivity index (χ2v) is 6.45. The summed E-state index contributed by atoms with van der Waals surface area (Å²) in [6, 6.07) is 8.69. The van der Waals surface area contributed by atoms with Crippen LogP contribution in [-0.4, -0.2) is 12.1 Å². The average molecular weight is 247 g/mol. The van der Waals surface area contributed by atoms with E-state index in [2.05, 4.69) is 55.7 Å². The molecule has 2 rings (SSSR count). The molecule has 1 heterocycles. The maximum absolute atomic E-state index is 3.54. The quantitative estimate of drug-likeness (QED) is 0.798. The highest BCUT2D eigenvalue weighted by Gasteiger charge is 2.08. The van der Waals surface area contributed by atoms with E-state index in [0.717, 1.165) is 6.54 Å². The predicted molar refractivity (Wildman–Crippen MR) is 77.9 cm³/mol. The molecule has 0 aliphatic carbocycles. The molecule has 2 aromatic rings. The SMILES string of the molecule is CC(C)(C)NCCCc1csc2ccccc12. The van der Waals surface area contributed by atoms with Gasteiger partial charge in [0.15, 0.2) is 0 Å². The Kier molecular flexibility index (Phi) is 3.85. The van der Waals surface area contributed by atoms with E-state index in [9.17, 15) is 0 Å². The molecule has 17 heavy (non-hydrogen) atoms. The molecule has 0 aliphatic rings. The number of fused-ring (bicyclic) bond motifs is 1. The van der Waals surface area contributed by atoms with Gasteiger partial charge in [-0.2, -0.15) is 0 Å². The van der Waals surface area contributed by atoms with Gasteiger partial charge in [-0.25, -0.2) is 0 Å². The maximum atomic E-state index is 3.54. The largest absolute Gasteiger partial charge is 0.312 e. The normalized spacial score (nSPS) is 12.2. The monoisotopic (exact) mass is 247 g/mol. The van der Waals surface area contributed by atoms with Gasteiger partial charge >= 0.3 is 0 Å². The summed E-state index contributed by atoms with van der Waals surface area (Å²) in [5.41, 5.74) is 1.73. The van der Waals surface area contributed by atoms with E-state index in [0.29, 0.717) is 0 Å². The molecule has 0 atom stereocenters. The van der Waals surface area contributed by atoms with Crippen molar-refractivity contribution in [1.29, 1.82) is 0 Å². The second kappa shape index (κ2) is 5.19. The molecule has 2 heteroatoms. The highest BCUT2D eigenvalue weighted by atomic mass is 32.1. The third-order valence-electron chi connectivity index (χ3n) is 2.84. The van der Waals surface area contributed by atoms with Crippen molar-refractivity contribution < 1.29 is 0 Å².